The lowest BCUT2D eigenvalue weighted by Crippen LogP contribution is -2.31. The molecule has 2 aromatic carbocycles. The van der Waals surface area contributed by atoms with Crippen LogP contribution in [0.25, 0.3) is 10.1 Å². The maximum absolute atomic E-state index is 10.9. The first-order chi connectivity index (χ1) is 11.1. The fourth-order valence-corrected chi connectivity index (χ4v) is 4.85. The predicted octanol–water partition coefficient (Wildman–Crippen LogP) is 4.39. The monoisotopic (exact) mass is 324 g/mol. The van der Waals surface area contributed by atoms with Crippen LogP contribution in [0, 0.1) is 10.1 Å². The van der Waals surface area contributed by atoms with Gasteiger partial charge in [-0.05, 0) is 36.0 Å². The predicted molar refractivity (Wildman–Crippen MR) is 93.1 cm³/mol. The molecular formula is C18H16N2O2S. The van der Waals surface area contributed by atoms with E-state index in [9.17, 15) is 10.1 Å². The van der Waals surface area contributed by atoms with E-state index in [1.165, 1.54) is 20.5 Å². The summed E-state index contributed by atoms with van der Waals surface area (Å²) in [7, 11) is 2.12. The van der Waals surface area contributed by atoms with E-state index in [1.54, 1.807) is 12.1 Å². The lowest BCUT2D eigenvalue weighted by Gasteiger charge is -2.33. The third-order valence-electron chi connectivity index (χ3n) is 4.55. The van der Waals surface area contributed by atoms with Crippen LogP contribution in [0.15, 0.2) is 48.5 Å². The average molecular weight is 324 g/mol. The average Bonchev–Trinajstić information content (AvgIpc) is 2.93. The fraction of sp³-hybridized carbons (Fsp3) is 0.222. The van der Waals surface area contributed by atoms with E-state index in [0.29, 0.717) is 0 Å². The molecule has 116 valence electrons. The van der Waals surface area contributed by atoms with E-state index in [1.807, 2.05) is 23.5 Å². The van der Waals surface area contributed by atoms with Crippen LogP contribution in [0.4, 0.5) is 5.69 Å². The number of nitrogens with zero attached hydrogens (tertiary/aromatic N) is 2. The quantitative estimate of drug-likeness (QED) is 0.519. The van der Waals surface area contributed by atoms with Crippen molar-refractivity contribution in [2.75, 3.05) is 13.6 Å². The summed E-state index contributed by atoms with van der Waals surface area (Å²) < 4.78 is 1.32. The molecule has 1 aliphatic heterocycles. The number of nitro benzene ring substituents is 1. The number of non-ortho nitro benzene ring substituents is 1. The van der Waals surface area contributed by atoms with E-state index >= 15 is 0 Å². The third kappa shape index (κ3) is 2.33. The molecule has 0 saturated heterocycles. The Kier molecular flexibility index (Phi) is 3.39. The van der Waals surface area contributed by atoms with Crippen LogP contribution in [-0.4, -0.2) is 23.4 Å². The largest absolute Gasteiger partial charge is 0.294 e. The first kappa shape index (κ1) is 14.4. The number of likely N-dealkylation sites (N-methyl/N-ethyl adjacent to an activating group) is 1. The van der Waals surface area contributed by atoms with Gasteiger partial charge in [0.2, 0.25) is 0 Å². The minimum Gasteiger partial charge on any atom is -0.294 e. The van der Waals surface area contributed by atoms with Crippen molar-refractivity contribution in [3.63, 3.8) is 0 Å². The summed E-state index contributed by atoms with van der Waals surface area (Å²) in [4.78, 5) is 14.2. The number of thiophene rings is 1. The molecule has 3 aromatic rings. The van der Waals surface area contributed by atoms with Gasteiger partial charge in [0.05, 0.1) is 11.0 Å². The number of hydrogen-bond acceptors (Lipinski definition) is 4. The van der Waals surface area contributed by atoms with Crippen LogP contribution >= 0.6 is 11.3 Å². The first-order valence-electron chi connectivity index (χ1n) is 7.60. The van der Waals surface area contributed by atoms with Crippen LogP contribution in [-0.2, 0) is 6.42 Å². The number of hydrogen-bond donors (Lipinski definition) is 0. The van der Waals surface area contributed by atoms with Crippen LogP contribution < -0.4 is 0 Å². The molecule has 0 saturated carbocycles. The molecule has 0 bridgehead atoms. The van der Waals surface area contributed by atoms with Crippen molar-refractivity contribution in [2.24, 2.45) is 0 Å². The molecule has 0 spiro atoms. The van der Waals surface area contributed by atoms with Gasteiger partial charge in [-0.1, -0.05) is 30.3 Å². The lowest BCUT2D eigenvalue weighted by atomic mass is 9.94. The molecule has 4 rings (SSSR count). The Labute approximate surface area is 138 Å². The minimum absolute atomic E-state index is 0.142. The molecule has 5 heteroatoms. The van der Waals surface area contributed by atoms with Gasteiger partial charge in [0.25, 0.3) is 5.69 Å². The van der Waals surface area contributed by atoms with Gasteiger partial charge in [-0.3, -0.25) is 15.0 Å². The maximum Gasteiger partial charge on any atom is 0.269 e. The van der Waals surface area contributed by atoms with Gasteiger partial charge in [-0.2, -0.15) is 0 Å². The summed E-state index contributed by atoms with van der Waals surface area (Å²) in [5.41, 5.74) is 2.70. The van der Waals surface area contributed by atoms with E-state index in [-0.39, 0.29) is 16.7 Å². The summed E-state index contributed by atoms with van der Waals surface area (Å²) in [5.74, 6) is 0. The fourth-order valence-electron chi connectivity index (χ4n) is 3.40. The van der Waals surface area contributed by atoms with Crippen molar-refractivity contribution in [2.45, 2.75) is 12.5 Å². The standard InChI is InChI=1S/C18H16N2O2S/c1-19-11-10-15-14-4-2-3-5-16(14)23-18(15)17(19)12-6-8-13(9-7-12)20(21)22/h2-9,17H,10-11H2,1H3. The zero-order valence-corrected chi connectivity index (χ0v) is 13.5. The van der Waals surface area contributed by atoms with Crippen LogP contribution in [0.5, 0.6) is 0 Å². The molecule has 4 nitrogen and oxygen atoms in total. The van der Waals surface area contributed by atoms with Crippen molar-refractivity contribution in [1.82, 2.24) is 4.90 Å². The summed E-state index contributed by atoms with van der Waals surface area (Å²) >= 11 is 1.84. The number of rotatable bonds is 2. The normalized spacial score (nSPS) is 18.0. The molecule has 0 radical (unpaired) electrons. The van der Waals surface area contributed by atoms with Crippen molar-refractivity contribution in [3.05, 3.63) is 74.6 Å². The topological polar surface area (TPSA) is 46.4 Å². The van der Waals surface area contributed by atoms with Crippen LogP contribution in [0.1, 0.15) is 22.0 Å². The molecule has 0 amide bonds. The smallest absolute Gasteiger partial charge is 0.269 e. The summed E-state index contributed by atoms with van der Waals surface area (Å²) in [6, 6.07) is 15.7. The van der Waals surface area contributed by atoms with Gasteiger partial charge in [0, 0.05) is 28.3 Å². The van der Waals surface area contributed by atoms with Crippen LogP contribution in [0.3, 0.4) is 0 Å². The van der Waals surface area contributed by atoms with E-state index in [4.69, 9.17) is 0 Å². The Hall–Kier alpha value is -2.24. The molecule has 0 N–H and O–H groups in total. The number of fused-ring (bicyclic) bond motifs is 3. The highest BCUT2D eigenvalue weighted by atomic mass is 32.1. The highest BCUT2D eigenvalue weighted by Crippen LogP contribution is 2.43. The minimum atomic E-state index is -0.348. The summed E-state index contributed by atoms with van der Waals surface area (Å²) in [6.07, 6.45) is 1.05. The molecule has 23 heavy (non-hydrogen) atoms. The van der Waals surface area contributed by atoms with Crippen molar-refractivity contribution >= 4 is 27.1 Å². The van der Waals surface area contributed by atoms with Gasteiger partial charge in [-0.25, -0.2) is 0 Å². The van der Waals surface area contributed by atoms with E-state index in [0.717, 1.165) is 18.5 Å². The second kappa shape index (κ2) is 5.44. The second-order valence-electron chi connectivity index (χ2n) is 5.92. The Morgan fingerprint density at radius 3 is 2.65 bits per heavy atom. The molecule has 0 fully saturated rings. The Morgan fingerprint density at radius 1 is 1.17 bits per heavy atom. The third-order valence-corrected chi connectivity index (χ3v) is 5.82. The summed E-state index contributed by atoms with van der Waals surface area (Å²) in [6.45, 7) is 0.995. The van der Waals surface area contributed by atoms with Gasteiger partial charge < -0.3 is 0 Å². The Balaban J connectivity index is 1.84. The Morgan fingerprint density at radius 2 is 1.91 bits per heavy atom. The first-order valence-corrected chi connectivity index (χ1v) is 8.41. The van der Waals surface area contributed by atoms with Gasteiger partial charge in [0.1, 0.15) is 0 Å². The zero-order valence-electron chi connectivity index (χ0n) is 12.7. The van der Waals surface area contributed by atoms with Gasteiger partial charge in [0.15, 0.2) is 0 Å². The van der Waals surface area contributed by atoms with Gasteiger partial charge in [-0.15, -0.1) is 11.3 Å². The molecule has 1 unspecified atom stereocenters. The maximum atomic E-state index is 10.9. The van der Waals surface area contributed by atoms with E-state index in [2.05, 4.69) is 36.2 Å². The molecule has 2 heterocycles. The van der Waals surface area contributed by atoms with Crippen molar-refractivity contribution in [1.29, 1.82) is 0 Å². The molecule has 1 aromatic heterocycles. The SMILES string of the molecule is CN1CCc2c(sc3ccccc23)C1c1ccc([N+](=O)[O-])cc1. The van der Waals surface area contributed by atoms with Crippen molar-refractivity contribution in [3.8, 4) is 0 Å². The lowest BCUT2D eigenvalue weighted by molar-refractivity contribution is -0.384. The van der Waals surface area contributed by atoms with Gasteiger partial charge >= 0.3 is 0 Å². The number of nitro groups is 1. The highest BCUT2D eigenvalue weighted by Gasteiger charge is 2.29. The second-order valence-corrected chi connectivity index (χ2v) is 7.01. The molecular weight excluding hydrogens is 308 g/mol. The highest BCUT2D eigenvalue weighted by molar-refractivity contribution is 7.19. The molecule has 0 aliphatic carbocycles. The van der Waals surface area contributed by atoms with E-state index < -0.39 is 0 Å². The zero-order chi connectivity index (χ0) is 16.0. The summed E-state index contributed by atoms with van der Waals surface area (Å²) in [5, 5.41) is 12.2. The molecule has 1 atom stereocenters. The Bertz CT molecular complexity index is 886. The van der Waals surface area contributed by atoms with Crippen LogP contribution in [0.2, 0.25) is 0 Å². The molecule has 1 aliphatic rings. The van der Waals surface area contributed by atoms with Crippen molar-refractivity contribution < 1.29 is 4.92 Å². The number of benzene rings is 2.